The SMILES string of the molecule is COc1ccc(CNc2[c]ccc(Br)c2)cc1. The van der Waals surface area contributed by atoms with Crippen LogP contribution >= 0.6 is 15.9 Å². The Morgan fingerprint density at radius 3 is 2.65 bits per heavy atom. The second kappa shape index (κ2) is 5.73. The molecule has 3 heteroatoms. The Morgan fingerprint density at radius 2 is 2.00 bits per heavy atom. The van der Waals surface area contributed by atoms with Gasteiger partial charge in [0.2, 0.25) is 0 Å². The van der Waals surface area contributed by atoms with Gasteiger partial charge in [0.25, 0.3) is 0 Å². The number of methoxy groups -OCH3 is 1. The van der Waals surface area contributed by atoms with Gasteiger partial charge >= 0.3 is 0 Å². The number of benzene rings is 2. The molecule has 0 saturated heterocycles. The van der Waals surface area contributed by atoms with Gasteiger partial charge in [-0.1, -0.05) is 34.1 Å². The van der Waals surface area contributed by atoms with E-state index in [0.717, 1.165) is 22.5 Å². The Bertz CT molecular complexity index is 482. The molecule has 2 aromatic rings. The molecule has 0 bridgehead atoms. The Morgan fingerprint density at radius 1 is 1.24 bits per heavy atom. The lowest BCUT2D eigenvalue weighted by molar-refractivity contribution is 0.414. The molecule has 0 fully saturated rings. The monoisotopic (exact) mass is 290 g/mol. The van der Waals surface area contributed by atoms with Crippen LogP contribution in [0.5, 0.6) is 5.75 Å². The normalized spacial score (nSPS) is 10.0. The van der Waals surface area contributed by atoms with Gasteiger partial charge < -0.3 is 10.1 Å². The van der Waals surface area contributed by atoms with E-state index in [4.69, 9.17) is 4.74 Å². The fraction of sp³-hybridized carbons (Fsp3) is 0.143. The number of halogens is 1. The summed E-state index contributed by atoms with van der Waals surface area (Å²) in [6.07, 6.45) is 0. The number of nitrogens with one attached hydrogen (secondary N) is 1. The summed E-state index contributed by atoms with van der Waals surface area (Å²) in [4.78, 5) is 0. The van der Waals surface area contributed by atoms with Crippen LogP contribution in [0.25, 0.3) is 0 Å². The zero-order valence-corrected chi connectivity index (χ0v) is 11.1. The van der Waals surface area contributed by atoms with Crippen molar-refractivity contribution >= 4 is 21.6 Å². The Kier molecular flexibility index (Phi) is 4.04. The second-order valence-electron chi connectivity index (χ2n) is 3.62. The van der Waals surface area contributed by atoms with Gasteiger partial charge in [-0.25, -0.2) is 0 Å². The maximum absolute atomic E-state index is 5.11. The standard InChI is InChI=1S/C14H13BrNO/c1-17-14-7-5-11(6-8-14)10-16-13-4-2-3-12(15)9-13/h2-3,5-9,16H,10H2,1H3. The van der Waals surface area contributed by atoms with Gasteiger partial charge in [-0.05, 0) is 29.8 Å². The van der Waals surface area contributed by atoms with E-state index in [2.05, 4.69) is 27.3 Å². The van der Waals surface area contributed by atoms with Gasteiger partial charge in [0.05, 0.1) is 7.11 Å². The molecule has 0 aliphatic rings. The van der Waals surface area contributed by atoms with Gasteiger partial charge in [0.15, 0.2) is 0 Å². The van der Waals surface area contributed by atoms with E-state index in [1.54, 1.807) is 7.11 Å². The van der Waals surface area contributed by atoms with E-state index >= 15 is 0 Å². The van der Waals surface area contributed by atoms with Gasteiger partial charge in [-0.15, -0.1) is 0 Å². The van der Waals surface area contributed by atoms with Crippen molar-refractivity contribution in [1.29, 1.82) is 0 Å². The molecule has 0 heterocycles. The summed E-state index contributed by atoms with van der Waals surface area (Å²) >= 11 is 3.43. The third-order valence-electron chi connectivity index (χ3n) is 2.41. The minimum Gasteiger partial charge on any atom is -0.497 e. The third kappa shape index (κ3) is 3.49. The molecule has 2 rings (SSSR count). The summed E-state index contributed by atoms with van der Waals surface area (Å²) in [6.45, 7) is 0.775. The van der Waals surface area contributed by atoms with Crippen LogP contribution in [-0.2, 0) is 6.54 Å². The van der Waals surface area contributed by atoms with Crippen LogP contribution in [0, 0.1) is 6.07 Å². The first-order valence-corrected chi connectivity index (χ1v) is 6.11. The quantitative estimate of drug-likeness (QED) is 0.923. The highest BCUT2D eigenvalue weighted by Crippen LogP contribution is 2.17. The molecule has 17 heavy (non-hydrogen) atoms. The molecule has 0 atom stereocenters. The highest BCUT2D eigenvalue weighted by atomic mass is 79.9. The van der Waals surface area contributed by atoms with E-state index in [0.29, 0.717) is 0 Å². The van der Waals surface area contributed by atoms with E-state index < -0.39 is 0 Å². The maximum atomic E-state index is 5.11. The van der Waals surface area contributed by atoms with Crippen molar-refractivity contribution in [3.05, 3.63) is 58.6 Å². The fourth-order valence-corrected chi connectivity index (χ4v) is 1.84. The van der Waals surface area contributed by atoms with Crippen molar-refractivity contribution in [2.24, 2.45) is 0 Å². The van der Waals surface area contributed by atoms with Crippen LogP contribution in [0.1, 0.15) is 5.56 Å². The average Bonchev–Trinajstić information content (AvgIpc) is 2.37. The predicted molar refractivity (Wildman–Crippen MR) is 73.3 cm³/mol. The van der Waals surface area contributed by atoms with Crippen LogP contribution in [0.3, 0.4) is 0 Å². The number of anilines is 1. The lowest BCUT2D eigenvalue weighted by Crippen LogP contribution is -1.99. The largest absolute Gasteiger partial charge is 0.497 e. The summed E-state index contributed by atoms with van der Waals surface area (Å²) < 4.78 is 6.16. The number of hydrogen-bond donors (Lipinski definition) is 1. The molecule has 87 valence electrons. The first-order chi connectivity index (χ1) is 8.28. The Balaban J connectivity index is 1.97. The number of ether oxygens (including phenoxy) is 1. The molecular formula is C14H13BrNO. The van der Waals surface area contributed by atoms with Crippen molar-refractivity contribution in [2.45, 2.75) is 6.54 Å². The minimum atomic E-state index is 0.775. The zero-order valence-electron chi connectivity index (χ0n) is 9.53. The molecular weight excluding hydrogens is 278 g/mol. The predicted octanol–water partition coefficient (Wildman–Crippen LogP) is 3.87. The molecule has 0 spiro atoms. The zero-order chi connectivity index (χ0) is 12.1. The Labute approximate surface area is 110 Å². The summed E-state index contributed by atoms with van der Waals surface area (Å²) in [5.74, 6) is 0.878. The highest BCUT2D eigenvalue weighted by Gasteiger charge is 1.96. The smallest absolute Gasteiger partial charge is 0.118 e. The molecule has 2 aromatic carbocycles. The topological polar surface area (TPSA) is 21.3 Å². The van der Waals surface area contributed by atoms with E-state index in [1.807, 2.05) is 42.5 Å². The minimum absolute atomic E-state index is 0.775. The molecule has 0 aliphatic heterocycles. The first kappa shape index (κ1) is 12.0. The van der Waals surface area contributed by atoms with Gasteiger partial charge in [0, 0.05) is 22.8 Å². The fourth-order valence-electron chi connectivity index (χ4n) is 1.48. The molecule has 1 N–H and O–H groups in total. The second-order valence-corrected chi connectivity index (χ2v) is 4.54. The van der Waals surface area contributed by atoms with Gasteiger partial charge in [0.1, 0.15) is 5.75 Å². The van der Waals surface area contributed by atoms with E-state index in [-0.39, 0.29) is 0 Å². The first-order valence-electron chi connectivity index (χ1n) is 5.32. The van der Waals surface area contributed by atoms with E-state index in [1.165, 1.54) is 5.56 Å². The van der Waals surface area contributed by atoms with Crippen LogP contribution in [0.15, 0.2) is 46.9 Å². The summed E-state index contributed by atoms with van der Waals surface area (Å²) in [5, 5.41) is 3.31. The number of rotatable bonds is 4. The van der Waals surface area contributed by atoms with Gasteiger partial charge in [-0.2, -0.15) is 0 Å². The number of hydrogen-bond acceptors (Lipinski definition) is 2. The average molecular weight is 291 g/mol. The molecule has 2 nitrogen and oxygen atoms in total. The third-order valence-corrected chi connectivity index (χ3v) is 2.90. The molecule has 0 unspecified atom stereocenters. The molecule has 0 saturated carbocycles. The maximum Gasteiger partial charge on any atom is 0.118 e. The van der Waals surface area contributed by atoms with Crippen LogP contribution in [0.2, 0.25) is 0 Å². The van der Waals surface area contributed by atoms with Crippen molar-refractivity contribution in [3.8, 4) is 5.75 Å². The van der Waals surface area contributed by atoms with Crippen LogP contribution in [0.4, 0.5) is 5.69 Å². The van der Waals surface area contributed by atoms with Crippen LogP contribution in [-0.4, -0.2) is 7.11 Å². The lowest BCUT2D eigenvalue weighted by atomic mass is 10.2. The molecule has 0 aliphatic carbocycles. The van der Waals surface area contributed by atoms with Crippen molar-refractivity contribution in [3.63, 3.8) is 0 Å². The highest BCUT2D eigenvalue weighted by molar-refractivity contribution is 9.10. The van der Waals surface area contributed by atoms with Crippen molar-refractivity contribution in [2.75, 3.05) is 12.4 Å². The Hall–Kier alpha value is -1.48. The summed E-state index contributed by atoms with van der Waals surface area (Å²) in [6, 6.07) is 17.0. The van der Waals surface area contributed by atoms with Crippen LogP contribution < -0.4 is 10.1 Å². The van der Waals surface area contributed by atoms with Crippen molar-refractivity contribution < 1.29 is 4.74 Å². The van der Waals surface area contributed by atoms with E-state index in [9.17, 15) is 0 Å². The molecule has 1 radical (unpaired) electrons. The van der Waals surface area contributed by atoms with Gasteiger partial charge in [-0.3, -0.25) is 0 Å². The summed E-state index contributed by atoms with van der Waals surface area (Å²) in [7, 11) is 1.67. The molecule has 0 amide bonds. The van der Waals surface area contributed by atoms with Crippen molar-refractivity contribution in [1.82, 2.24) is 0 Å². The molecule has 0 aromatic heterocycles. The summed E-state index contributed by atoms with van der Waals surface area (Å²) in [5.41, 5.74) is 2.19. The lowest BCUT2D eigenvalue weighted by Gasteiger charge is -2.07.